The molecule has 3 rings (SSSR count). The van der Waals surface area contributed by atoms with Crippen LogP contribution in [0.2, 0.25) is 0 Å². The molecule has 0 radical (unpaired) electrons. The zero-order valence-electron chi connectivity index (χ0n) is 13.4. The molecule has 0 bridgehead atoms. The molecular weight excluding hydrogens is 361 g/mol. The van der Waals surface area contributed by atoms with Crippen molar-refractivity contribution >= 4 is 16.9 Å². The first-order chi connectivity index (χ1) is 12.4. The normalized spacial score (nSPS) is 11.4. The molecule has 3 aromatic carbocycles. The molecule has 3 aromatic rings. The third kappa shape index (κ3) is 4.26. The van der Waals surface area contributed by atoms with Gasteiger partial charge in [0, 0.05) is 0 Å². The quantitative estimate of drug-likeness (QED) is 0.354. The largest absolute Gasteiger partial charge is 0.491 e. The van der Waals surface area contributed by atoms with Crippen molar-refractivity contribution in [3.8, 4) is 5.75 Å². The number of alkyl halides is 3. The van der Waals surface area contributed by atoms with Crippen molar-refractivity contribution in [2.24, 2.45) is 0 Å². The molecule has 0 aromatic heterocycles. The van der Waals surface area contributed by atoms with Crippen molar-refractivity contribution in [1.82, 2.24) is 0 Å². The topological polar surface area (TPSA) is 26.3 Å². The predicted molar refractivity (Wildman–Crippen MR) is 93.2 cm³/mol. The highest BCUT2D eigenvalue weighted by molar-refractivity contribution is 7.97. The molecule has 6 heteroatoms. The summed E-state index contributed by atoms with van der Waals surface area (Å²) in [7, 11) is -0.415. The molecule has 0 atom stereocenters. The molecule has 0 aliphatic carbocycles. The fourth-order valence-electron chi connectivity index (χ4n) is 2.33. The van der Waals surface area contributed by atoms with Gasteiger partial charge in [-0.1, -0.05) is 36.4 Å². The van der Waals surface area contributed by atoms with Crippen LogP contribution in [0.1, 0.15) is 0 Å². The first-order valence-electron chi connectivity index (χ1n) is 7.68. The summed E-state index contributed by atoms with van der Waals surface area (Å²) in [6.45, 7) is 0. The minimum absolute atomic E-state index is 0.138. The van der Waals surface area contributed by atoms with Crippen molar-refractivity contribution in [3.63, 3.8) is 0 Å². The second-order valence-electron chi connectivity index (χ2n) is 5.29. The van der Waals surface area contributed by atoms with Crippen LogP contribution in [0.15, 0.2) is 99.6 Å². The Morgan fingerprint density at radius 3 is 1.54 bits per heavy atom. The Balaban J connectivity index is 1.92. The van der Waals surface area contributed by atoms with Crippen LogP contribution < -0.4 is 4.74 Å². The van der Waals surface area contributed by atoms with Gasteiger partial charge in [0.15, 0.2) is 14.7 Å². The van der Waals surface area contributed by atoms with Gasteiger partial charge in [-0.3, -0.25) is 0 Å². The fraction of sp³-hybridized carbons (Fsp3) is 0.0500. The van der Waals surface area contributed by atoms with Gasteiger partial charge in [-0.15, -0.1) is 0 Å². The smallest absolute Gasteiger partial charge is 0.420 e. The molecule has 0 aliphatic rings. The van der Waals surface area contributed by atoms with E-state index in [1.54, 1.807) is 12.1 Å². The number of hydrogen-bond acceptors (Lipinski definition) is 2. The molecule has 26 heavy (non-hydrogen) atoms. The average molecular weight is 375 g/mol. The highest BCUT2D eigenvalue weighted by Gasteiger charge is 2.41. The van der Waals surface area contributed by atoms with Gasteiger partial charge in [0.05, 0.1) is 10.9 Å². The standard InChI is InChI=1S/C20H14F3O2S/c21-20(22,23)19(24)25-15-11-13-18(14-12-15)26(16-7-3-1-4-8-16)17-9-5-2-6-10-17/h1-14H/q+1. The number of rotatable bonds is 4. The fourth-order valence-corrected chi connectivity index (χ4v) is 4.41. The van der Waals surface area contributed by atoms with Crippen LogP contribution in [-0.2, 0) is 15.7 Å². The minimum Gasteiger partial charge on any atom is -0.420 e. The van der Waals surface area contributed by atoms with E-state index in [0.717, 1.165) is 14.7 Å². The van der Waals surface area contributed by atoms with Crippen LogP contribution in [0.25, 0.3) is 0 Å². The lowest BCUT2D eigenvalue weighted by atomic mass is 10.3. The third-order valence-corrected chi connectivity index (χ3v) is 5.69. The Kier molecular flexibility index (Phi) is 5.32. The summed E-state index contributed by atoms with van der Waals surface area (Å²) in [6.07, 6.45) is -5.02. The maximum Gasteiger partial charge on any atom is 0.491 e. The third-order valence-electron chi connectivity index (χ3n) is 3.46. The van der Waals surface area contributed by atoms with Gasteiger partial charge < -0.3 is 4.74 Å². The summed E-state index contributed by atoms with van der Waals surface area (Å²) in [6, 6.07) is 25.8. The van der Waals surface area contributed by atoms with Crippen LogP contribution in [0.3, 0.4) is 0 Å². The molecule has 0 spiro atoms. The zero-order valence-corrected chi connectivity index (χ0v) is 14.3. The highest BCUT2D eigenvalue weighted by atomic mass is 32.2. The van der Waals surface area contributed by atoms with Crippen molar-refractivity contribution in [1.29, 1.82) is 0 Å². The lowest BCUT2D eigenvalue weighted by molar-refractivity contribution is -0.189. The summed E-state index contributed by atoms with van der Waals surface area (Å²) in [4.78, 5) is 14.0. The SMILES string of the molecule is O=C(Oc1ccc([S+](c2ccccc2)c2ccccc2)cc1)C(F)(F)F. The van der Waals surface area contributed by atoms with Crippen LogP contribution in [0.5, 0.6) is 5.75 Å². The van der Waals surface area contributed by atoms with Crippen LogP contribution in [0.4, 0.5) is 13.2 Å². The molecule has 0 heterocycles. The average Bonchev–Trinajstić information content (AvgIpc) is 2.64. The molecule has 2 nitrogen and oxygen atoms in total. The maximum atomic E-state index is 12.3. The first kappa shape index (κ1) is 18.1. The van der Waals surface area contributed by atoms with Crippen molar-refractivity contribution in [3.05, 3.63) is 84.9 Å². The summed E-state index contributed by atoms with van der Waals surface area (Å²) in [5.74, 6) is -2.36. The highest BCUT2D eigenvalue weighted by Crippen LogP contribution is 2.32. The summed E-state index contributed by atoms with van der Waals surface area (Å²) in [5, 5.41) is 0. The first-order valence-corrected chi connectivity index (χ1v) is 8.91. The van der Waals surface area contributed by atoms with E-state index in [1.165, 1.54) is 12.1 Å². The van der Waals surface area contributed by atoms with E-state index < -0.39 is 23.0 Å². The molecule has 0 unspecified atom stereocenters. The number of ether oxygens (including phenoxy) is 1. The van der Waals surface area contributed by atoms with Crippen molar-refractivity contribution < 1.29 is 22.7 Å². The molecule has 132 valence electrons. The van der Waals surface area contributed by atoms with Gasteiger partial charge in [-0.05, 0) is 48.5 Å². The van der Waals surface area contributed by atoms with E-state index in [9.17, 15) is 18.0 Å². The lowest BCUT2D eigenvalue weighted by Gasteiger charge is -2.09. The second-order valence-corrected chi connectivity index (χ2v) is 7.32. The molecular formula is C20H14F3O2S+. The predicted octanol–water partition coefficient (Wildman–Crippen LogP) is 5.25. The van der Waals surface area contributed by atoms with Crippen LogP contribution in [-0.4, -0.2) is 12.1 Å². The van der Waals surface area contributed by atoms with Gasteiger partial charge >= 0.3 is 12.1 Å². The Morgan fingerprint density at radius 2 is 1.12 bits per heavy atom. The number of halogens is 3. The minimum atomic E-state index is -5.02. The van der Waals surface area contributed by atoms with Gasteiger partial charge in [0.25, 0.3) is 0 Å². The Hall–Kier alpha value is -2.73. The number of carbonyl (C=O) groups excluding carboxylic acids is 1. The molecule has 0 saturated carbocycles. The monoisotopic (exact) mass is 375 g/mol. The van der Waals surface area contributed by atoms with Crippen LogP contribution in [0, 0.1) is 0 Å². The zero-order chi connectivity index (χ0) is 18.6. The van der Waals surface area contributed by atoms with E-state index in [2.05, 4.69) is 4.74 Å². The molecule has 0 fully saturated rings. The van der Waals surface area contributed by atoms with Gasteiger partial charge in [-0.25, -0.2) is 4.79 Å². The van der Waals surface area contributed by atoms with E-state index in [0.29, 0.717) is 0 Å². The van der Waals surface area contributed by atoms with E-state index in [4.69, 9.17) is 0 Å². The van der Waals surface area contributed by atoms with Gasteiger partial charge in [0.1, 0.15) is 5.75 Å². The molecule has 0 saturated heterocycles. The van der Waals surface area contributed by atoms with E-state index in [1.807, 2.05) is 60.7 Å². The second kappa shape index (κ2) is 7.66. The van der Waals surface area contributed by atoms with Gasteiger partial charge in [0.2, 0.25) is 0 Å². The molecule has 0 aliphatic heterocycles. The Labute approximate surface area is 151 Å². The van der Waals surface area contributed by atoms with Crippen molar-refractivity contribution in [2.75, 3.05) is 0 Å². The van der Waals surface area contributed by atoms with Gasteiger partial charge in [-0.2, -0.15) is 13.2 Å². The summed E-state index contributed by atoms with van der Waals surface area (Å²) >= 11 is 0. The number of carbonyl (C=O) groups is 1. The van der Waals surface area contributed by atoms with E-state index >= 15 is 0 Å². The number of benzene rings is 3. The lowest BCUT2D eigenvalue weighted by Crippen LogP contribution is -2.27. The summed E-state index contributed by atoms with van der Waals surface area (Å²) in [5.41, 5.74) is 0. The number of hydrogen-bond donors (Lipinski definition) is 0. The van der Waals surface area contributed by atoms with Crippen LogP contribution >= 0.6 is 0 Å². The Morgan fingerprint density at radius 1 is 0.692 bits per heavy atom. The van der Waals surface area contributed by atoms with E-state index in [-0.39, 0.29) is 5.75 Å². The molecule has 0 amide bonds. The maximum absolute atomic E-state index is 12.3. The number of esters is 1. The van der Waals surface area contributed by atoms with Crippen molar-refractivity contribution in [2.45, 2.75) is 20.9 Å². The molecule has 0 N–H and O–H groups in total. The summed E-state index contributed by atoms with van der Waals surface area (Å²) < 4.78 is 41.3. The Bertz CT molecular complexity index is 824.